The summed E-state index contributed by atoms with van der Waals surface area (Å²) in [7, 11) is 0. The molecule has 6 nitrogen and oxygen atoms in total. The molecule has 0 aliphatic carbocycles. The Kier molecular flexibility index (Phi) is 4.32. The van der Waals surface area contributed by atoms with Crippen LogP contribution in [-0.2, 0) is 0 Å². The van der Waals surface area contributed by atoms with Crippen molar-refractivity contribution in [1.82, 2.24) is 4.98 Å². The molecule has 98 valence electrons. The van der Waals surface area contributed by atoms with Gasteiger partial charge < -0.3 is 4.74 Å². The van der Waals surface area contributed by atoms with Crippen LogP contribution in [0.2, 0.25) is 0 Å². The number of hydrogen-bond acceptors (Lipinski definition) is 5. The summed E-state index contributed by atoms with van der Waals surface area (Å²) in [6, 6.07) is 0. The highest BCUT2D eigenvalue weighted by molar-refractivity contribution is 14.1. The van der Waals surface area contributed by atoms with Crippen molar-refractivity contribution in [3.05, 3.63) is 25.4 Å². The van der Waals surface area contributed by atoms with E-state index in [0.717, 1.165) is 0 Å². The average Bonchev–Trinajstić information content (AvgIpc) is 2.13. The largest absolute Gasteiger partial charge is 0.574 e. The molecular formula is C7HClF3IN2O4. The average molecular weight is 396 g/mol. The van der Waals surface area contributed by atoms with E-state index < -0.39 is 33.7 Å². The van der Waals surface area contributed by atoms with Crippen LogP contribution in [0.4, 0.5) is 18.9 Å². The quantitative estimate of drug-likeness (QED) is 0.340. The van der Waals surface area contributed by atoms with Gasteiger partial charge in [-0.2, -0.15) is 0 Å². The number of halogens is 5. The van der Waals surface area contributed by atoms with Crippen molar-refractivity contribution in [3.63, 3.8) is 0 Å². The minimum Gasteiger partial charge on any atom is -0.387 e. The van der Waals surface area contributed by atoms with Crippen molar-refractivity contribution in [3.8, 4) is 5.88 Å². The second-order valence-electron chi connectivity index (χ2n) is 2.72. The molecule has 0 bridgehead atoms. The van der Waals surface area contributed by atoms with E-state index in [-0.39, 0.29) is 3.57 Å². The number of alkyl halides is 3. The Hall–Kier alpha value is -1.17. The summed E-state index contributed by atoms with van der Waals surface area (Å²) in [4.78, 5) is 23.7. The standard InChI is InChI=1S/C7HClF3IN2O4/c8-5(15)3-4(12)2(14(16)17)1-13-6(3)18-7(9,10)11/h1H. The Bertz CT molecular complexity index is 522. The van der Waals surface area contributed by atoms with Gasteiger partial charge in [0.05, 0.1) is 4.92 Å². The van der Waals surface area contributed by atoms with Crippen molar-refractivity contribution >= 4 is 45.1 Å². The Morgan fingerprint density at radius 3 is 2.50 bits per heavy atom. The fourth-order valence-corrected chi connectivity index (χ4v) is 2.09. The maximum atomic E-state index is 12.0. The molecule has 1 rings (SSSR count). The van der Waals surface area contributed by atoms with Crippen molar-refractivity contribution in [2.45, 2.75) is 6.36 Å². The van der Waals surface area contributed by atoms with Gasteiger partial charge in [-0.1, -0.05) is 0 Å². The van der Waals surface area contributed by atoms with Crippen molar-refractivity contribution in [2.24, 2.45) is 0 Å². The van der Waals surface area contributed by atoms with Gasteiger partial charge in [0.1, 0.15) is 15.3 Å². The highest BCUT2D eigenvalue weighted by Gasteiger charge is 2.35. The van der Waals surface area contributed by atoms with Crippen molar-refractivity contribution in [1.29, 1.82) is 0 Å². The summed E-state index contributed by atoms with van der Waals surface area (Å²) >= 11 is 6.38. The van der Waals surface area contributed by atoms with E-state index in [0.29, 0.717) is 6.20 Å². The minimum atomic E-state index is -5.09. The minimum absolute atomic E-state index is 0.383. The van der Waals surface area contributed by atoms with Gasteiger partial charge in [0.2, 0.25) is 5.88 Å². The SMILES string of the molecule is O=C(Cl)c1c(OC(F)(F)F)ncc([N+](=O)[O-])c1I. The maximum absolute atomic E-state index is 12.0. The number of carbonyl (C=O) groups is 1. The van der Waals surface area contributed by atoms with Crippen molar-refractivity contribution < 1.29 is 27.6 Å². The van der Waals surface area contributed by atoms with Crippen LogP contribution in [0.5, 0.6) is 5.88 Å². The van der Waals surface area contributed by atoms with Crippen LogP contribution < -0.4 is 4.74 Å². The van der Waals surface area contributed by atoms with Crippen LogP contribution in [0.3, 0.4) is 0 Å². The first-order chi connectivity index (χ1) is 8.13. The molecule has 0 unspecified atom stereocenters. The van der Waals surface area contributed by atoms with Gasteiger partial charge in [-0.25, -0.2) is 4.98 Å². The summed E-state index contributed by atoms with van der Waals surface area (Å²) < 4.78 is 39.2. The van der Waals surface area contributed by atoms with Crippen LogP contribution >= 0.6 is 34.2 Å². The van der Waals surface area contributed by atoms with E-state index in [1.807, 2.05) is 0 Å². The van der Waals surface area contributed by atoms with Gasteiger partial charge in [-0.05, 0) is 34.2 Å². The van der Waals surface area contributed by atoms with Crippen LogP contribution in [0, 0.1) is 13.7 Å². The number of aromatic nitrogens is 1. The molecule has 0 spiro atoms. The van der Waals surface area contributed by atoms with Crippen molar-refractivity contribution in [2.75, 3.05) is 0 Å². The fraction of sp³-hybridized carbons (Fsp3) is 0.143. The van der Waals surface area contributed by atoms with Gasteiger partial charge in [-0.15, -0.1) is 13.2 Å². The predicted molar refractivity (Wildman–Crippen MR) is 60.5 cm³/mol. The molecule has 1 aromatic rings. The highest BCUT2D eigenvalue weighted by atomic mass is 127. The molecule has 0 amide bonds. The van der Waals surface area contributed by atoms with E-state index >= 15 is 0 Å². The maximum Gasteiger partial charge on any atom is 0.574 e. The monoisotopic (exact) mass is 396 g/mol. The van der Waals surface area contributed by atoms with E-state index in [9.17, 15) is 28.1 Å². The number of pyridine rings is 1. The van der Waals surface area contributed by atoms with E-state index in [1.165, 1.54) is 22.6 Å². The zero-order valence-electron chi connectivity index (χ0n) is 7.99. The van der Waals surface area contributed by atoms with Gasteiger partial charge in [0.15, 0.2) is 0 Å². The van der Waals surface area contributed by atoms with E-state index in [2.05, 4.69) is 9.72 Å². The lowest BCUT2D eigenvalue weighted by atomic mass is 10.3. The molecule has 0 radical (unpaired) electrons. The lowest BCUT2D eigenvalue weighted by Crippen LogP contribution is -2.20. The molecule has 0 aromatic carbocycles. The topological polar surface area (TPSA) is 82.3 Å². The summed E-state index contributed by atoms with van der Waals surface area (Å²) in [6.45, 7) is 0. The molecular weight excluding hydrogens is 395 g/mol. The van der Waals surface area contributed by atoms with Gasteiger partial charge >= 0.3 is 12.0 Å². The highest BCUT2D eigenvalue weighted by Crippen LogP contribution is 2.33. The first-order valence-electron chi connectivity index (χ1n) is 3.92. The smallest absolute Gasteiger partial charge is 0.387 e. The first-order valence-corrected chi connectivity index (χ1v) is 5.37. The lowest BCUT2D eigenvalue weighted by molar-refractivity contribution is -0.386. The molecule has 0 saturated carbocycles. The number of nitro groups is 1. The zero-order valence-corrected chi connectivity index (χ0v) is 10.9. The zero-order chi connectivity index (χ0) is 14.1. The van der Waals surface area contributed by atoms with Crippen LogP contribution in [0.15, 0.2) is 6.20 Å². The lowest BCUT2D eigenvalue weighted by Gasteiger charge is -2.10. The summed E-state index contributed by atoms with van der Waals surface area (Å²) in [5, 5.41) is 9.20. The molecule has 0 fully saturated rings. The number of rotatable bonds is 3. The molecule has 1 heterocycles. The molecule has 0 aliphatic heterocycles. The molecule has 1 aromatic heterocycles. The predicted octanol–water partition coefficient (Wildman–Crippen LogP) is 2.87. The summed E-state index contributed by atoms with van der Waals surface area (Å²) in [5.41, 5.74) is -1.45. The number of nitrogens with zero attached hydrogens (tertiary/aromatic N) is 2. The van der Waals surface area contributed by atoms with Crippen LogP contribution in [0.25, 0.3) is 0 Å². The van der Waals surface area contributed by atoms with Crippen LogP contribution in [-0.4, -0.2) is 21.5 Å². The summed E-state index contributed by atoms with van der Waals surface area (Å²) in [5.74, 6) is -1.13. The molecule has 0 aliphatic rings. The van der Waals surface area contributed by atoms with E-state index in [1.54, 1.807) is 0 Å². The number of ether oxygens (including phenoxy) is 1. The molecule has 0 saturated heterocycles. The molecule has 18 heavy (non-hydrogen) atoms. The Morgan fingerprint density at radius 1 is 1.56 bits per heavy atom. The third kappa shape index (κ3) is 3.41. The second kappa shape index (κ2) is 5.22. The van der Waals surface area contributed by atoms with Gasteiger partial charge in [-0.3, -0.25) is 14.9 Å². The molecule has 11 heteroatoms. The van der Waals surface area contributed by atoms with E-state index in [4.69, 9.17) is 11.6 Å². The Balaban J connectivity index is 3.42. The second-order valence-corrected chi connectivity index (χ2v) is 4.14. The van der Waals surface area contributed by atoms with Gasteiger partial charge in [0, 0.05) is 0 Å². The number of carbonyl (C=O) groups excluding carboxylic acids is 1. The normalized spacial score (nSPS) is 11.2. The number of hydrogen-bond donors (Lipinski definition) is 0. The van der Waals surface area contributed by atoms with Gasteiger partial charge in [0.25, 0.3) is 5.24 Å². The third-order valence-electron chi connectivity index (χ3n) is 1.57. The van der Waals surface area contributed by atoms with Crippen LogP contribution in [0.1, 0.15) is 10.4 Å². The fourth-order valence-electron chi connectivity index (χ4n) is 0.948. The Labute approximate surface area is 115 Å². The first kappa shape index (κ1) is 14.9. The molecule has 0 N–H and O–H groups in total. The third-order valence-corrected chi connectivity index (χ3v) is 2.85. The Morgan fingerprint density at radius 2 is 2.11 bits per heavy atom. The summed E-state index contributed by atoms with van der Waals surface area (Å²) in [6.07, 6.45) is -4.54. The molecule has 0 atom stereocenters.